The Hall–Kier alpha value is -1.94. The molecule has 148 valence electrons. The van der Waals surface area contributed by atoms with Gasteiger partial charge in [-0.05, 0) is 30.7 Å². The zero-order valence-electron chi connectivity index (χ0n) is 15.7. The second-order valence-corrected chi connectivity index (χ2v) is 8.52. The van der Waals surface area contributed by atoms with Gasteiger partial charge in [-0.25, -0.2) is 13.1 Å². The third kappa shape index (κ3) is 5.29. The van der Waals surface area contributed by atoms with Crippen LogP contribution in [0.15, 0.2) is 24.3 Å². The van der Waals surface area contributed by atoms with Crippen molar-refractivity contribution in [3.8, 4) is 5.75 Å². The SMILES string of the molecule is CCOc1ccc(CN2CCn3nc(CNS(C)(=O)=O)cc3C2)cc1CO. The monoisotopic (exact) mass is 394 g/mol. The van der Waals surface area contributed by atoms with Crippen molar-refractivity contribution in [1.82, 2.24) is 19.4 Å². The van der Waals surface area contributed by atoms with Gasteiger partial charge in [0.15, 0.2) is 0 Å². The van der Waals surface area contributed by atoms with E-state index in [9.17, 15) is 13.5 Å². The van der Waals surface area contributed by atoms with Crippen LogP contribution in [0.2, 0.25) is 0 Å². The van der Waals surface area contributed by atoms with Gasteiger partial charge in [0.2, 0.25) is 10.0 Å². The van der Waals surface area contributed by atoms with Crippen LogP contribution >= 0.6 is 0 Å². The van der Waals surface area contributed by atoms with E-state index < -0.39 is 10.0 Å². The number of nitrogens with zero attached hydrogens (tertiary/aromatic N) is 3. The number of hydrogen-bond donors (Lipinski definition) is 2. The summed E-state index contributed by atoms with van der Waals surface area (Å²) in [5, 5.41) is 14.0. The molecule has 27 heavy (non-hydrogen) atoms. The van der Waals surface area contributed by atoms with Gasteiger partial charge in [0, 0.05) is 25.2 Å². The summed E-state index contributed by atoms with van der Waals surface area (Å²) in [6, 6.07) is 7.87. The van der Waals surface area contributed by atoms with E-state index in [1.807, 2.05) is 35.9 Å². The molecule has 0 bridgehead atoms. The molecule has 3 rings (SSSR count). The molecule has 2 heterocycles. The van der Waals surface area contributed by atoms with E-state index >= 15 is 0 Å². The van der Waals surface area contributed by atoms with Crippen LogP contribution < -0.4 is 9.46 Å². The Balaban J connectivity index is 1.65. The average molecular weight is 394 g/mol. The fourth-order valence-electron chi connectivity index (χ4n) is 3.22. The van der Waals surface area contributed by atoms with Crippen LogP contribution in [-0.4, -0.2) is 47.6 Å². The van der Waals surface area contributed by atoms with Gasteiger partial charge < -0.3 is 9.84 Å². The number of aliphatic hydroxyl groups is 1. The predicted octanol–water partition coefficient (Wildman–Crippen LogP) is 0.839. The predicted molar refractivity (Wildman–Crippen MR) is 102 cm³/mol. The third-order valence-electron chi connectivity index (χ3n) is 4.44. The molecule has 2 N–H and O–H groups in total. The highest BCUT2D eigenvalue weighted by Gasteiger charge is 2.19. The van der Waals surface area contributed by atoms with Crippen LogP contribution in [0, 0.1) is 0 Å². The van der Waals surface area contributed by atoms with Gasteiger partial charge in [-0.3, -0.25) is 9.58 Å². The van der Waals surface area contributed by atoms with Crippen LogP contribution in [0.25, 0.3) is 0 Å². The summed E-state index contributed by atoms with van der Waals surface area (Å²) in [6.07, 6.45) is 1.14. The van der Waals surface area contributed by atoms with Gasteiger partial charge >= 0.3 is 0 Å². The standard InChI is InChI=1S/C18H26N4O4S/c1-3-26-18-5-4-14(8-15(18)13-23)11-21-6-7-22-17(12-21)9-16(20-22)10-19-27(2,24)25/h4-5,8-9,19,23H,3,6-7,10-13H2,1-2H3. The van der Waals surface area contributed by atoms with Crippen LogP contribution in [0.1, 0.15) is 29.4 Å². The maximum Gasteiger partial charge on any atom is 0.209 e. The average Bonchev–Trinajstić information content (AvgIpc) is 3.03. The van der Waals surface area contributed by atoms with E-state index in [1.54, 1.807) is 0 Å². The largest absolute Gasteiger partial charge is 0.494 e. The summed E-state index contributed by atoms with van der Waals surface area (Å²) in [5.74, 6) is 0.725. The zero-order chi connectivity index (χ0) is 19.4. The van der Waals surface area contributed by atoms with Gasteiger partial charge in [-0.1, -0.05) is 6.07 Å². The van der Waals surface area contributed by atoms with Gasteiger partial charge in [0.1, 0.15) is 5.75 Å². The number of fused-ring (bicyclic) bond motifs is 1. The Morgan fingerprint density at radius 1 is 1.30 bits per heavy atom. The normalized spacial score (nSPS) is 14.9. The van der Waals surface area contributed by atoms with E-state index in [4.69, 9.17) is 4.74 Å². The lowest BCUT2D eigenvalue weighted by Crippen LogP contribution is -2.33. The lowest BCUT2D eigenvalue weighted by atomic mass is 10.1. The molecular weight excluding hydrogens is 368 g/mol. The Morgan fingerprint density at radius 2 is 2.11 bits per heavy atom. The van der Waals surface area contributed by atoms with Crippen LogP contribution in [-0.2, 0) is 42.8 Å². The lowest BCUT2D eigenvalue weighted by molar-refractivity contribution is 0.204. The molecule has 0 radical (unpaired) electrons. The van der Waals surface area contributed by atoms with Crippen molar-refractivity contribution in [1.29, 1.82) is 0 Å². The van der Waals surface area contributed by atoms with Crippen molar-refractivity contribution in [3.05, 3.63) is 46.8 Å². The minimum atomic E-state index is -3.23. The van der Waals surface area contributed by atoms with Crippen molar-refractivity contribution in [3.63, 3.8) is 0 Å². The molecule has 1 aliphatic rings. The fourth-order valence-corrected chi connectivity index (χ4v) is 3.63. The van der Waals surface area contributed by atoms with Crippen LogP contribution in [0.3, 0.4) is 0 Å². The molecule has 1 aromatic carbocycles. The smallest absolute Gasteiger partial charge is 0.209 e. The highest BCUT2D eigenvalue weighted by atomic mass is 32.2. The number of sulfonamides is 1. The first-order valence-corrected chi connectivity index (χ1v) is 10.8. The van der Waals surface area contributed by atoms with E-state index in [-0.39, 0.29) is 13.2 Å². The van der Waals surface area contributed by atoms with E-state index in [0.717, 1.165) is 60.7 Å². The summed E-state index contributed by atoms with van der Waals surface area (Å²) in [5.41, 5.74) is 3.71. The molecule has 0 spiro atoms. The Bertz CT molecular complexity index is 895. The molecule has 0 saturated carbocycles. The molecule has 8 nitrogen and oxygen atoms in total. The van der Waals surface area contributed by atoms with Crippen molar-refractivity contribution in [2.75, 3.05) is 19.4 Å². The van der Waals surface area contributed by atoms with Crippen molar-refractivity contribution >= 4 is 10.0 Å². The number of aromatic nitrogens is 2. The van der Waals surface area contributed by atoms with Gasteiger partial charge in [-0.15, -0.1) is 0 Å². The Morgan fingerprint density at radius 3 is 2.81 bits per heavy atom. The first kappa shape index (κ1) is 19.8. The summed E-state index contributed by atoms with van der Waals surface area (Å²) in [4.78, 5) is 2.31. The highest BCUT2D eigenvalue weighted by molar-refractivity contribution is 7.88. The van der Waals surface area contributed by atoms with Crippen molar-refractivity contribution < 1.29 is 18.3 Å². The number of hydrogen-bond acceptors (Lipinski definition) is 6. The number of ether oxygens (including phenoxy) is 1. The van der Waals surface area contributed by atoms with Gasteiger partial charge in [-0.2, -0.15) is 5.10 Å². The van der Waals surface area contributed by atoms with Gasteiger partial charge in [0.25, 0.3) is 0 Å². The molecule has 1 aromatic heterocycles. The van der Waals surface area contributed by atoms with Crippen molar-refractivity contribution in [2.45, 2.75) is 39.7 Å². The first-order valence-electron chi connectivity index (χ1n) is 8.96. The fraction of sp³-hybridized carbons (Fsp3) is 0.500. The minimum absolute atomic E-state index is 0.0490. The number of nitrogens with one attached hydrogen (secondary N) is 1. The van der Waals surface area contributed by atoms with Crippen LogP contribution in [0.4, 0.5) is 0 Å². The van der Waals surface area contributed by atoms with E-state index in [0.29, 0.717) is 6.61 Å². The Kier molecular flexibility index (Phi) is 6.15. The number of aliphatic hydroxyl groups excluding tert-OH is 1. The van der Waals surface area contributed by atoms with E-state index in [2.05, 4.69) is 14.7 Å². The highest BCUT2D eigenvalue weighted by Crippen LogP contribution is 2.23. The molecule has 9 heteroatoms. The molecular formula is C18H26N4O4S. The molecule has 0 fully saturated rings. The van der Waals surface area contributed by atoms with E-state index in [1.165, 1.54) is 0 Å². The third-order valence-corrected chi connectivity index (χ3v) is 5.11. The zero-order valence-corrected chi connectivity index (χ0v) is 16.5. The quantitative estimate of drug-likeness (QED) is 0.689. The topological polar surface area (TPSA) is 96.7 Å². The molecule has 2 aromatic rings. The lowest BCUT2D eigenvalue weighted by Gasteiger charge is -2.27. The summed E-state index contributed by atoms with van der Waals surface area (Å²) in [7, 11) is -3.23. The van der Waals surface area contributed by atoms with Crippen molar-refractivity contribution in [2.24, 2.45) is 0 Å². The minimum Gasteiger partial charge on any atom is -0.494 e. The molecule has 0 aliphatic carbocycles. The maximum absolute atomic E-state index is 11.2. The summed E-state index contributed by atoms with van der Waals surface area (Å²) < 4.78 is 32.4. The molecule has 0 atom stereocenters. The van der Waals surface area contributed by atoms with Gasteiger partial charge in [0.05, 0.1) is 43.9 Å². The Labute approximate surface area is 159 Å². The van der Waals surface area contributed by atoms with Crippen LogP contribution in [0.5, 0.6) is 5.75 Å². The molecule has 0 saturated heterocycles. The summed E-state index contributed by atoms with van der Waals surface area (Å²) >= 11 is 0. The second kappa shape index (κ2) is 8.39. The maximum atomic E-state index is 11.2. The number of rotatable bonds is 8. The second-order valence-electron chi connectivity index (χ2n) is 6.69. The summed E-state index contributed by atoms with van der Waals surface area (Å²) in [6.45, 7) is 5.78. The number of benzene rings is 1. The first-order chi connectivity index (χ1) is 12.9. The molecule has 0 unspecified atom stereocenters. The molecule has 0 amide bonds. The molecule has 1 aliphatic heterocycles.